The van der Waals surface area contributed by atoms with Crippen LogP contribution < -0.4 is 5.84 Å². The molecular weight excluding hydrogens is 325 g/mol. The van der Waals surface area contributed by atoms with Gasteiger partial charge in [-0.2, -0.15) is 5.10 Å². The molecule has 25 heavy (non-hydrogen) atoms. The molecule has 0 aromatic heterocycles. The van der Waals surface area contributed by atoms with Crippen molar-refractivity contribution in [2.75, 3.05) is 0 Å². The van der Waals surface area contributed by atoms with Gasteiger partial charge in [0.1, 0.15) is 17.5 Å². The van der Waals surface area contributed by atoms with E-state index >= 15 is 0 Å². The van der Waals surface area contributed by atoms with Gasteiger partial charge in [0, 0.05) is 35.2 Å². The molecule has 2 rings (SSSR count). The maximum atomic E-state index is 14.5. The third-order valence-electron chi connectivity index (χ3n) is 4.31. The highest BCUT2D eigenvalue weighted by Crippen LogP contribution is 2.41. The third-order valence-corrected chi connectivity index (χ3v) is 4.31. The van der Waals surface area contributed by atoms with E-state index in [4.69, 9.17) is 5.84 Å². The van der Waals surface area contributed by atoms with E-state index in [0.717, 1.165) is 11.1 Å². The Labute approximate surface area is 145 Å². The van der Waals surface area contributed by atoms with E-state index in [0.29, 0.717) is 23.4 Å². The lowest BCUT2D eigenvalue weighted by atomic mass is 9.75. The first-order chi connectivity index (χ1) is 11.8. The van der Waals surface area contributed by atoms with E-state index in [9.17, 15) is 13.2 Å². The van der Waals surface area contributed by atoms with Crippen LogP contribution in [0, 0.1) is 24.4 Å². The standard InChI is InChI=1S/C20H21F3N2/c1-11(2)18(14-7-5-12(3)6-8-14)19(13(4)25-24)20-16(22)9-15(21)10-17(20)23/h5-10,18-19H,1,24H2,2-4H3/b25-13-. The Morgan fingerprint density at radius 1 is 1.00 bits per heavy atom. The lowest BCUT2D eigenvalue weighted by molar-refractivity contribution is 0.509. The van der Waals surface area contributed by atoms with Gasteiger partial charge in [-0.15, -0.1) is 0 Å². The summed E-state index contributed by atoms with van der Waals surface area (Å²) in [5, 5.41) is 3.66. The van der Waals surface area contributed by atoms with Crippen LogP contribution in [0.2, 0.25) is 0 Å². The number of hydrogen-bond donors (Lipinski definition) is 1. The van der Waals surface area contributed by atoms with Crippen molar-refractivity contribution in [2.45, 2.75) is 32.6 Å². The molecule has 2 aromatic rings. The summed E-state index contributed by atoms with van der Waals surface area (Å²) < 4.78 is 42.2. The van der Waals surface area contributed by atoms with Crippen molar-refractivity contribution in [3.05, 3.63) is 82.7 Å². The average molecular weight is 346 g/mol. The zero-order chi connectivity index (χ0) is 18.7. The van der Waals surface area contributed by atoms with Crippen LogP contribution in [0.25, 0.3) is 0 Å². The summed E-state index contributed by atoms with van der Waals surface area (Å²) in [5.41, 5.74) is 2.65. The average Bonchev–Trinajstić information content (AvgIpc) is 2.53. The molecule has 0 saturated heterocycles. The molecule has 0 fully saturated rings. The Morgan fingerprint density at radius 3 is 1.96 bits per heavy atom. The van der Waals surface area contributed by atoms with E-state index in [2.05, 4.69) is 11.7 Å². The van der Waals surface area contributed by atoms with Gasteiger partial charge in [-0.25, -0.2) is 13.2 Å². The van der Waals surface area contributed by atoms with Crippen molar-refractivity contribution < 1.29 is 13.2 Å². The minimum atomic E-state index is -0.970. The molecule has 5 heteroatoms. The quantitative estimate of drug-likeness (QED) is 0.344. The fourth-order valence-electron chi connectivity index (χ4n) is 3.08. The van der Waals surface area contributed by atoms with Gasteiger partial charge in [0.25, 0.3) is 0 Å². The lowest BCUT2D eigenvalue weighted by Crippen LogP contribution is -2.23. The van der Waals surface area contributed by atoms with E-state index in [-0.39, 0.29) is 5.56 Å². The molecule has 0 aliphatic rings. The van der Waals surface area contributed by atoms with Gasteiger partial charge in [-0.1, -0.05) is 42.0 Å². The van der Waals surface area contributed by atoms with Gasteiger partial charge in [-0.3, -0.25) is 0 Å². The first-order valence-electron chi connectivity index (χ1n) is 7.87. The molecule has 2 aromatic carbocycles. The van der Waals surface area contributed by atoms with Gasteiger partial charge in [-0.05, 0) is 26.3 Å². The fraction of sp³-hybridized carbons (Fsp3) is 0.250. The monoisotopic (exact) mass is 346 g/mol. The molecular formula is C20H21F3N2. The summed E-state index contributed by atoms with van der Waals surface area (Å²) in [7, 11) is 0. The zero-order valence-electron chi connectivity index (χ0n) is 14.5. The number of hydrogen-bond acceptors (Lipinski definition) is 2. The molecule has 0 heterocycles. The van der Waals surface area contributed by atoms with Crippen LogP contribution in [0.3, 0.4) is 0 Å². The van der Waals surface area contributed by atoms with Crippen LogP contribution in [0.1, 0.15) is 42.4 Å². The number of rotatable bonds is 5. The second kappa shape index (κ2) is 7.55. The number of aryl methyl sites for hydroxylation is 1. The van der Waals surface area contributed by atoms with Crippen LogP contribution in [0.4, 0.5) is 13.2 Å². The fourth-order valence-corrected chi connectivity index (χ4v) is 3.08. The minimum Gasteiger partial charge on any atom is -0.323 e. The topological polar surface area (TPSA) is 38.4 Å². The second-order valence-electron chi connectivity index (χ2n) is 6.27. The summed E-state index contributed by atoms with van der Waals surface area (Å²) in [4.78, 5) is 0. The Morgan fingerprint density at radius 2 is 1.52 bits per heavy atom. The van der Waals surface area contributed by atoms with Crippen molar-refractivity contribution >= 4 is 5.71 Å². The Bertz CT molecular complexity index is 787. The van der Waals surface area contributed by atoms with E-state index in [1.165, 1.54) is 0 Å². The first-order valence-corrected chi connectivity index (χ1v) is 7.87. The molecule has 0 aliphatic carbocycles. The smallest absolute Gasteiger partial charge is 0.132 e. The minimum absolute atomic E-state index is 0.262. The van der Waals surface area contributed by atoms with Crippen molar-refractivity contribution in [1.29, 1.82) is 0 Å². The van der Waals surface area contributed by atoms with Gasteiger partial charge in [0.2, 0.25) is 0 Å². The second-order valence-corrected chi connectivity index (χ2v) is 6.27. The van der Waals surface area contributed by atoms with Crippen LogP contribution >= 0.6 is 0 Å². The molecule has 0 aliphatic heterocycles. The molecule has 2 unspecified atom stereocenters. The van der Waals surface area contributed by atoms with Gasteiger partial charge < -0.3 is 5.84 Å². The van der Waals surface area contributed by atoms with Crippen LogP contribution in [0.15, 0.2) is 53.7 Å². The summed E-state index contributed by atoms with van der Waals surface area (Å²) in [5.74, 6) is 1.23. The predicted molar refractivity (Wildman–Crippen MR) is 95.1 cm³/mol. The van der Waals surface area contributed by atoms with Gasteiger partial charge in [0.05, 0.1) is 0 Å². The lowest BCUT2D eigenvalue weighted by Gasteiger charge is -2.29. The predicted octanol–water partition coefficient (Wildman–Crippen LogP) is 5.19. The highest BCUT2D eigenvalue weighted by molar-refractivity contribution is 5.90. The van der Waals surface area contributed by atoms with Crippen molar-refractivity contribution in [2.24, 2.45) is 10.9 Å². The Balaban J connectivity index is 2.71. The van der Waals surface area contributed by atoms with E-state index in [1.54, 1.807) is 13.8 Å². The number of benzene rings is 2. The number of hydrazone groups is 1. The maximum Gasteiger partial charge on any atom is 0.132 e. The highest BCUT2D eigenvalue weighted by Gasteiger charge is 2.33. The molecule has 0 saturated carbocycles. The van der Waals surface area contributed by atoms with Crippen LogP contribution in [-0.2, 0) is 0 Å². The Kier molecular flexibility index (Phi) is 5.67. The van der Waals surface area contributed by atoms with E-state index in [1.807, 2.05) is 31.2 Å². The SMILES string of the molecule is C=C(C)C(c1ccc(C)cc1)C(/C(C)=N\N)c1c(F)cc(F)cc1F. The summed E-state index contributed by atoms with van der Waals surface area (Å²) in [6.07, 6.45) is 0. The molecule has 0 amide bonds. The summed E-state index contributed by atoms with van der Waals surface area (Å²) in [6, 6.07) is 8.92. The van der Waals surface area contributed by atoms with Crippen molar-refractivity contribution in [3.8, 4) is 0 Å². The number of allylic oxidation sites excluding steroid dienone is 1. The number of nitrogens with two attached hydrogens (primary N) is 1. The number of nitrogens with zero attached hydrogens (tertiary/aromatic N) is 1. The van der Waals surface area contributed by atoms with Crippen LogP contribution in [-0.4, -0.2) is 5.71 Å². The van der Waals surface area contributed by atoms with Gasteiger partial charge in [0.15, 0.2) is 0 Å². The zero-order valence-corrected chi connectivity index (χ0v) is 14.5. The molecule has 2 nitrogen and oxygen atoms in total. The highest BCUT2D eigenvalue weighted by atomic mass is 19.1. The molecule has 0 radical (unpaired) electrons. The Hall–Kier alpha value is -2.56. The maximum absolute atomic E-state index is 14.5. The normalized spacial score (nSPS) is 14.2. The van der Waals surface area contributed by atoms with Crippen molar-refractivity contribution in [1.82, 2.24) is 0 Å². The molecule has 0 spiro atoms. The molecule has 0 bridgehead atoms. The molecule has 2 atom stereocenters. The van der Waals surface area contributed by atoms with Crippen molar-refractivity contribution in [3.63, 3.8) is 0 Å². The largest absolute Gasteiger partial charge is 0.323 e. The molecule has 2 N–H and O–H groups in total. The summed E-state index contributed by atoms with van der Waals surface area (Å²) in [6.45, 7) is 9.30. The summed E-state index contributed by atoms with van der Waals surface area (Å²) >= 11 is 0. The molecule has 132 valence electrons. The number of halogens is 3. The van der Waals surface area contributed by atoms with E-state index < -0.39 is 29.3 Å². The van der Waals surface area contributed by atoms with Crippen LogP contribution in [0.5, 0.6) is 0 Å². The van der Waals surface area contributed by atoms with Gasteiger partial charge >= 0.3 is 0 Å². The third kappa shape index (κ3) is 3.92. The first kappa shape index (κ1) is 18.8.